The molecule has 0 radical (unpaired) electrons. The van der Waals surface area contributed by atoms with Crippen LogP contribution in [0.4, 0.5) is 8.78 Å². The fourth-order valence-electron chi connectivity index (χ4n) is 1.86. The van der Waals surface area contributed by atoms with Crippen molar-refractivity contribution in [1.29, 1.82) is 0 Å². The van der Waals surface area contributed by atoms with Gasteiger partial charge in [-0.2, -0.15) is 0 Å². The van der Waals surface area contributed by atoms with E-state index in [1.165, 1.54) is 25.1 Å². The normalized spacial score (nSPS) is 14.8. The maximum absolute atomic E-state index is 13.5. The van der Waals surface area contributed by atoms with Crippen molar-refractivity contribution in [2.75, 3.05) is 0 Å². The summed E-state index contributed by atoms with van der Waals surface area (Å²) >= 11 is 0. The number of halogens is 2. The number of rotatable bonds is 5. The zero-order valence-corrected chi connectivity index (χ0v) is 9.76. The number of benzene rings is 1. The molecule has 0 bridgehead atoms. The third-order valence-electron chi connectivity index (χ3n) is 2.77. The summed E-state index contributed by atoms with van der Waals surface area (Å²) in [5, 5.41) is 10.1. The lowest BCUT2D eigenvalue weighted by atomic mass is 9.89. The summed E-state index contributed by atoms with van der Waals surface area (Å²) in [5.74, 6) is -1.36. The Kier molecular flexibility index (Phi) is 4.42. The van der Waals surface area contributed by atoms with E-state index in [0.29, 0.717) is 6.42 Å². The lowest BCUT2D eigenvalue weighted by Gasteiger charge is -2.24. The summed E-state index contributed by atoms with van der Waals surface area (Å²) in [6.07, 6.45) is 3.10. The quantitative estimate of drug-likeness (QED) is 0.761. The Morgan fingerprint density at radius 2 is 1.75 bits per heavy atom. The van der Waals surface area contributed by atoms with Crippen molar-refractivity contribution in [3.63, 3.8) is 0 Å². The van der Waals surface area contributed by atoms with Crippen LogP contribution in [0.25, 0.3) is 0 Å². The lowest BCUT2D eigenvalue weighted by molar-refractivity contribution is 0.0375. The van der Waals surface area contributed by atoms with Crippen LogP contribution in [0.5, 0.6) is 0 Å². The van der Waals surface area contributed by atoms with Crippen LogP contribution < -0.4 is 0 Å². The average Bonchev–Trinajstić information content (AvgIpc) is 2.17. The van der Waals surface area contributed by atoms with Gasteiger partial charge in [0.05, 0.1) is 11.2 Å². The largest absolute Gasteiger partial charge is 0.385 e. The van der Waals surface area contributed by atoms with E-state index in [-0.39, 0.29) is 5.56 Å². The highest BCUT2D eigenvalue weighted by atomic mass is 19.1. The molecule has 1 atom stereocenters. The van der Waals surface area contributed by atoms with E-state index < -0.39 is 17.2 Å². The van der Waals surface area contributed by atoms with Crippen LogP contribution in [0, 0.1) is 11.6 Å². The first-order valence-electron chi connectivity index (χ1n) is 5.66. The maximum Gasteiger partial charge on any atom is 0.132 e. The summed E-state index contributed by atoms with van der Waals surface area (Å²) in [5.41, 5.74) is -1.64. The fourth-order valence-corrected chi connectivity index (χ4v) is 1.86. The molecule has 0 spiro atoms. The summed E-state index contributed by atoms with van der Waals surface area (Å²) in [6.45, 7) is 3.50. The highest BCUT2D eigenvalue weighted by Crippen LogP contribution is 2.30. The van der Waals surface area contributed by atoms with Crippen LogP contribution in [0.3, 0.4) is 0 Å². The van der Waals surface area contributed by atoms with Crippen LogP contribution >= 0.6 is 0 Å². The summed E-state index contributed by atoms with van der Waals surface area (Å²) in [7, 11) is 0. The van der Waals surface area contributed by atoms with E-state index >= 15 is 0 Å². The standard InChI is InChI=1S/C13H18F2O/c1-3-4-5-9-13(2,16)12-10(14)7-6-8-11(12)15/h6-8,16H,3-5,9H2,1-2H3. The van der Waals surface area contributed by atoms with Crippen molar-refractivity contribution in [2.24, 2.45) is 0 Å². The molecule has 90 valence electrons. The molecule has 1 N–H and O–H groups in total. The monoisotopic (exact) mass is 228 g/mol. The summed E-state index contributed by atoms with van der Waals surface area (Å²) in [4.78, 5) is 0. The SMILES string of the molecule is CCCCCC(C)(O)c1c(F)cccc1F. The number of aliphatic hydroxyl groups is 1. The predicted molar refractivity (Wildman–Crippen MR) is 60.1 cm³/mol. The van der Waals surface area contributed by atoms with Gasteiger partial charge in [0.1, 0.15) is 11.6 Å². The van der Waals surface area contributed by atoms with Gasteiger partial charge in [-0.25, -0.2) is 8.78 Å². The smallest absolute Gasteiger partial charge is 0.132 e. The molecule has 0 aromatic heterocycles. The van der Waals surface area contributed by atoms with Crippen molar-refractivity contribution in [1.82, 2.24) is 0 Å². The first kappa shape index (κ1) is 13.1. The van der Waals surface area contributed by atoms with Gasteiger partial charge in [-0.05, 0) is 25.5 Å². The number of hydrogen-bond acceptors (Lipinski definition) is 1. The van der Waals surface area contributed by atoms with Crippen molar-refractivity contribution < 1.29 is 13.9 Å². The van der Waals surface area contributed by atoms with E-state index in [9.17, 15) is 13.9 Å². The average molecular weight is 228 g/mol. The Bertz CT molecular complexity index is 328. The molecular weight excluding hydrogens is 210 g/mol. The van der Waals surface area contributed by atoms with Gasteiger partial charge in [-0.1, -0.05) is 32.3 Å². The molecule has 0 aliphatic carbocycles. The third kappa shape index (κ3) is 3.01. The Labute approximate surface area is 95.1 Å². The minimum atomic E-state index is -1.43. The topological polar surface area (TPSA) is 20.2 Å². The van der Waals surface area contributed by atoms with Gasteiger partial charge in [0.15, 0.2) is 0 Å². The van der Waals surface area contributed by atoms with Crippen molar-refractivity contribution in [2.45, 2.75) is 45.1 Å². The second kappa shape index (κ2) is 5.39. The molecule has 1 aromatic carbocycles. The van der Waals surface area contributed by atoms with Gasteiger partial charge in [0.2, 0.25) is 0 Å². The van der Waals surface area contributed by atoms with Crippen molar-refractivity contribution in [3.8, 4) is 0 Å². The van der Waals surface area contributed by atoms with Crippen LogP contribution in [0.2, 0.25) is 0 Å². The Hall–Kier alpha value is -0.960. The number of hydrogen-bond donors (Lipinski definition) is 1. The van der Waals surface area contributed by atoms with Crippen LogP contribution in [-0.4, -0.2) is 5.11 Å². The highest BCUT2D eigenvalue weighted by molar-refractivity contribution is 5.25. The summed E-state index contributed by atoms with van der Waals surface area (Å²) < 4.78 is 26.9. The van der Waals surface area contributed by atoms with Crippen LogP contribution in [-0.2, 0) is 5.60 Å². The van der Waals surface area contributed by atoms with E-state index in [1.54, 1.807) is 0 Å². The fraction of sp³-hybridized carbons (Fsp3) is 0.538. The van der Waals surface area contributed by atoms with Gasteiger partial charge in [0, 0.05) is 0 Å². The highest BCUT2D eigenvalue weighted by Gasteiger charge is 2.29. The van der Waals surface area contributed by atoms with E-state index in [0.717, 1.165) is 19.3 Å². The minimum absolute atomic E-state index is 0.217. The Morgan fingerprint density at radius 1 is 1.19 bits per heavy atom. The van der Waals surface area contributed by atoms with Crippen LogP contribution in [0.15, 0.2) is 18.2 Å². The molecule has 1 aromatic rings. The maximum atomic E-state index is 13.5. The molecular formula is C13H18F2O. The molecule has 0 fully saturated rings. The molecule has 16 heavy (non-hydrogen) atoms. The Balaban J connectivity index is 2.88. The molecule has 0 aliphatic heterocycles. The van der Waals surface area contributed by atoms with Gasteiger partial charge in [-0.3, -0.25) is 0 Å². The minimum Gasteiger partial charge on any atom is -0.385 e. The van der Waals surface area contributed by atoms with Crippen molar-refractivity contribution in [3.05, 3.63) is 35.4 Å². The van der Waals surface area contributed by atoms with E-state index in [4.69, 9.17) is 0 Å². The Morgan fingerprint density at radius 3 is 2.25 bits per heavy atom. The molecule has 1 unspecified atom stereocenters. The van der Waals surface area contributed by atoms with E-state index in [1.807, 2.05) is 6.92 Å². The van der Waals surface area contributed by atoms with E-state index in [2.05, 4.69) is 0 Å². The first-order chi connectivity index (χ1) is 7.49. The molecule has 0 heterocycles. The molecule has 0 saturated heterocycles. The van der Waals surface area contributed by atoms with Gasteiger partial charge in [-0.15, -0.1) is 0 Å². The second-order valence-electron chi connectivity index (χ2n) is 4.33. The summed E-state index contributed by atoms with van der Waals surface area (Å²) in [6, 6.07) is 3.65. The zero-order chi connectivity index (χ0) is 12.2. The molecule has 0 saturated carbocycles. The lowest BCUT2D eigenvalue weighted by Crippen LogP contribution is -2.24. The van der Waals surface area contributed by atoms with Gasteiger partial charge in [0.25, 0.3) is 0 Å². The molecule has 1 nitrogen and oxygen atoms in total. The van der Waals surface area contributed by atoms with Gasteiger partial charge < -0.3 is 5.11 Å². The predicted octanol–water partition coefficient (Wildman–Crippen LogP) is 3.75. The molecule has 1 rings (SSSR count). The van der Waals surface area contributed by atoms with Gasteiger partial charge >= 0.3 is 0 Å². The first-order valence-corrected chi connectivity index (χ1v) is 5.66. The zero-order valence-electron chi connectivity index (χ0n) is 9.76. The third-order valence-corrected chi connectivity index (χ3v) is 2.77. The number of unbranched alkanes of at least 4 members (excludes halogenated alkanes) is 2. The van der Waals surface area contributed by atoms with Crippen molar-refractivity contribution >= 4 is 0 Å². The molecule has 0 aliphatic rings. The molecule has 0 amide bonds. The van der Waals surface area contributed by atoms with Crippen LogP contribution in [0.1, 0.15) is 45.1 Å². The second-order valence-corrected chi connectivity index (χ2v) is 4.33. The molecule has 3 heteroatoms.